The van der Waals surface area contributed by atoms with E-state index in [1.54, 1.807) is 0 Å². The van der Waals surface area contributed by atoms with Gasteiger partial charge in [-0.25, -0.2) is 4.63 Å². The Kier molecular flexibility index (Phi) is 3.73. The molecule has 3 N–H and O–H groups in total. The number of piperidine rings is 1. The molecule has 2 aromatic rings. The highest BCUT2D eigenvalue weighted by molar-refractivity contribution is 5.94. The van der Waals surface area contributed by atoms with Crippen LogP contribution in [0.2, 0.25) is 0 Å². The number of hydrogen-bond acceptors (Lipinski definition) is 6. The molecule has 6 heteroatoms. The van der Waals surface area contributed by atoms with Crippen molar-refractivity contribution in [3.05, 3.63) is 12.1 Å². The molecule has 1 saturated heterocycles. The zero-order valence-corrected chi connectivity index (χ0v) is 11.8. The van der Waals surface area contributed by atoms with Gasteiger partial charge in [0.1, 0.15) is 0 Å². The zero-order chi connectivity index (χ0) is 13.9. The van der Waals surface area contributed by atoms with E-state index in [1.165, 1.54) is 32.4 Å². The minimum absolute atomic E-state index is 0.503. The summed E-state index contributed by atoms with van der Waals surface area (Å²) in [7, 11) is 0. The summed E-state index contributed by atoms with van der Waals surface area (Å²) in [4.78, 5) is 2.53. The number of benzene rings is 1. The molecule has 20 heavy (non-hydrogen) atoms. The monoisotopic (exact) mass is 275 g/mol. The number of nitrogens with zero attached hydrogens (tertiary/aromatic N) is 3. The summed E-state index contributed by atoms with van der Waals surface area (Å²) in [6.07, 6.45) is 3.98. The van der Waals surface area contributed by atoms with Crippen LogP contribution >= 0.6 is 0 Å². The zero-order valence-electron chi connectivity index (χ0n) is 11.8. The Hall–Kier alpha value is -1.82. The van der Waals surface area contributed by atoms with Crippen LogP contribution < -0.4 is 11.1 Å². The molecule has 1 atom stereocenters. The summed E-state index contributed by atoms with van der Waals surface area (Å²) >= 11 is 0. The lowest BCUT2D eigenvalue weighted by Gasteiger charge is -2.32. The minimum Gasteiger partial charge on any atom is -0.397 e. The van der Waals surface area contributed by atoms with E-state index in [-0.39, 0.29) is 0 Å². The van der Waals surface area contributed by atoms with E-state index in [4.69, 9.17) is 10.4 Å². The molecule has 1 aromatic carbocycles. The first-order chi connectivity index (χ1) is 9.75. The molecule has 0 bridgehead atoms. The first kappa shape index (κ1) is 13.2. The van der Waals surface area contributed by atoms with Crippen molar-refractivity contribution in [1.82, 2.24) is 15.2 Å². The maximum atomic E-state index is 5.84. The summed E-state index contributed by atoms with van der Waals surface area (Å²) in [6.45, 7) is 5.54. The topological polar surface area (TPSA) is 80.2 Å². The van der Waals surface area contributed by atoms with Crippen molar-refractivity contribution in [3.63, 3.8) is 0 Å². The highest BCUT2D eigenvalue weighted by Crippen LogP contribution is 2.25. The van der Waals surface area contributed by atoms with Gasteiger partial charge in [-0.05, 0) is 55.3 Å². The number of nitrogens with one attached hydrogen (secondary N) is 1. The second kappa shape index (κ2) is 5.66. The number of nitrogen functional groups attached to an aromatic ring is 1. The van der Waals surface area contributed by atoms with Gasteiger partial charge in [-0.15, -0.1) is 0 Å². The average Bonchev–Trinajstić information content (AvgIpc) is 2.98. The van der Waals surface area contributed by atoms with E-state index >= 15 is 0 Å². The van der Waals surface area contributed by atoms with Crippen molar-refractivity contribution >= 4 is 22.4 Å². The Morgan fingerprint density at radius 3 is 2.80 bits per heavy atom. The highest BCUT2D eigenvalue weighted by Gasteiger charge is 2.17. The summed E-state index contributed by atoms with van der Waals surface area (Å²) in [6, 6.07) is 4.27. The molecule has 1 fully saturated rings. The molecule has 2 heterocycles. The van der Waals surface area contributed by atoms with Crippen LogP contribution in [-0.2, 0) is 0 Å². The van der Waals surface area contributed by atoms with Crippen molar-refractivity contribution in [2.45, 2.75) is 32.2 Å². The molecular formula is C14H21N5O. The Labute approximate surface area is 118 Å². The van der Waals surface area contributed by atoms with Crippen molar-refractivity contribution in [2.24, 2.45) is 0 Å². The van der Waals surface area contributed by atoms with Crippen LogP contribution in [0.1, 0.15) is 26.2 Å². The van der Waals surface area contributed by atoms with Crippen LogP contribution in [0.15, 0.2) is 16.8 Å². The lowest BCUT2D eigenvalue weighted by molar-refractivity contribution is 0.180. The molecule has 1 aromatic heterocycles. The van der Waals surface area contributed by atoms with Gasteiger partial charge >= 0.3 is 0 Å². The third-order valence-corrected chi connectivity index (χ3v) is 4.05. The molecule has 1 unspecified atom stereocenters. The Morgan fingerprint density at radius 1 is 1.25 bits per heavy atom. The Balaban J connectivity index is 1.67. The number of anilines is 2. The van der Waals surface area contributed by atoms with Gasteiger partial charge in [0.15, 0.2) is 11.0 Å². The van der Waals surface area contributed by atoms with Crippen LogP contribution in [0.3, 0.4) is 0 Å². The quantitative estimate of drug-likeness (QED) is 0.832. The maximum Gasteiger partial charge on any atom is 0.160 e. The molecule has 1 aliphatic rings. The largest absolute Gasteiger partial charge is 0.397 e. The van der Waals surface area contributed by atoms with Gasteiger partial charge < -0.3 is 11.1 Å². The Bertz CT molecular complexity index is 576. The Morgan fingerprint density at radius 2 is 2.00 bits per heavy atom. The van der Waals surface area contributed by atoms with Crippen LogP contribution in [0.5, 0.6) is 0 Å². The van der Waals surface area contributed by atoms with Crippen molar-refractivity contribution in [2.75, 3.05) is 30.7 Å². The summed E-state index contributed by atoms with van der Waals surface area (Å²) in [5, 5.41) is 11.2. The molecular weight excluding hydrogens is 254 g/mol. The summed E-state index contributed by atoms with van der Waals surface area (Å²) in [5.41, 5.74) is 8.70. The normalized spacial score (nSPS) is 18.2. The first-order valence-corrected chi connectivity index (χ1v) is 7.24. The van der Waals surface area contributed by atoms with Gasteiger partial charge in [0.05, 0.1) is 11.4 Å². The maximum absolute atomic E-state index is 5.84. The SMILES string of the molecule is CC(CNc1ccc(N)c2nonc12)N1CCCCC1. The third-order valence-electron chi connectivity index (χ3n) is 4.05. The molecule has 0 amide bonds. The lowest BCUT2D eigenvalue weighted by Crippen LogP contribution is -2.41. The highest BCUT2D eigenvalue weighted by atomic mass is 16.6. The molecule has 108 valence electrons. The van der Waals surface area contributed by atoms with Gasteiger partial charge in [0, 0.05) is 12.6 Å². The van der Waals surface area contributed by atoms with Crippen LogP contribution in [0.4, 0.5) is 11.4 Å². The number of fused-ring (bicyclic) bond motifs is 1. The molecule has 3 rings (SSSR count). The average molecular weight is 275 g/mol. The molecule has 1 aliphatic heterocycles. The fourth-order valence-electron chi connectivity index (χ4n) is 2.77. The number of nitrogens with two attached hydrogens (primary N) is 1. The number of rotatable bonds is 4. The fraction of sp³-hybridized carbons (Fsp3) is 0.571. The van der Waals surface area contributed by atoms with Crippen LogP contribution in [-0.4, -0.2) is 40.9 Å². The number of likely N-dealkylation sites (tertiary alicyclic amines) is 1. The van der Waals surface area contributed by atoms with Crippen molar-refractivity contribution < 1.29 is 4.63 Å². The molecule has 6 nitrogen and oxygen atoms in total. The van der Waals surface area contributed by atoms with Gasteiger partial charge in [-0.3, -0.25) is 4.90 Å². The second-order valence-corrected chi connectivity index (χ2v) is 5.49. The van der Waals surface area contributed by atoms with E-state index in [9.17, 15) is 0 Å². The molecule has 0 spiro atoms. The molecule has 0 saturated carbocycles. The predicted molar refractivity (Wildman–Crippen MR) is 79.6 cm³/mol. The van der Waals surface area contributed by atoms with E-state index in [1.807, 2.05) is 12.1 Å². The number of hydrogen-bond donors (Lipinski definition) is 2. The second-order valence-electron chi connectivity index (χ2n) is 5.49. The van der Waals surface area contributed by atoms with Gasteiger partial charge in [0.2, 0.25) is 0 Å². The minimum atomic E-state index is 0.503. The predicted octanol–water partition coefficient (Wildman–Crippen LogP) is 2.09. The van der Waals surface area contributed by atoms with Gasteiger partial charge in [-0.2, -0.15) is 0 Å². The summed E-state index contributed by atoms with van der Waals surface area (Å²) in [5.74, 6) is 0. The van der Waals surface area contributed by atoms with Gasteiger partial charge in [0.25, 0.3) is 0 Å². The van der Waals surface area contributed by atoms with Crippen LogP contribution in [0.25, 0.3) is 11.0 Å². The van der Waals surface area contributed by atoms with Crippen molar-refractivity contribution in [1.29, 1.82) is 0 Å². The van der Waals surface area contributed by atoms with Crippen molar-refractivity contribution in [3.8, 4) is 0 Å². The van der Waals surface area contributed by atoms with Crippen LogP contribution in [0, 0.1) is 0 Å². The van der Waals surface area contributed by atoms with E-state index in [0.717, 1.165) is 12.2 Å². The number of aromatic nitrogens is 2. The van der Waals surface area contributed by atoms with E-state index in [2.05, 4.69) is 27.5 Å². The summed E-state index contributed by atoms with van der Waals surface area (Å²) < 4.78 is 4.78. The van der Waals surface area contributed by atoms with E-state index in [0.29, 0.717) is 22.8 Å². The molecule has 0 radical (unpaired) electrons. The smallest absolute Gasteiger partial charge is 0.160 e. The fourth-order valence-corrected chi connectivity index (χ4v) is 2.77. The lowest BCUT2D eigenvalue weighted by atomic mass is 10.1. The van der Waals surface area contributed by atoms with E-state index < -0.39 is 0 Å². The van der Waals surface area contributed by atoms with Gasteiger partial charge in [-0.1, -0.05) is 6.42 Å². The molecule has 0 aliphatic carbocycles. The standard InChI is InChI=1S/C14H21N5O/c1-10(19-7-3-2-4-8-19)9-16-12-6-5-11(15)13-14(12)18-20-17-13/h5-6,10,16H,2-4,7-9,15H2,1H3. The third kappa shape index (κ3) is 2.56. The first-order valence-electron chi connectivity index (χ1n) is 7.24.